The third-order valence-electron chi connectivity index (χ3n) is 3.45. The maximum Gasteiger partial charge on any atom is 0.218 e. The van der Waals surface area contributed by atoms with Crippen molar-refractivity contribution >= 4 is 21.6 Å². The average molecular weight is 302 g/mol. The number of hydrogen-bond acceptors (Lipinski definition) is 2. The Morgan fingerprint density at radius 3 is 2.32 bits per heavy atom. The molecule has 19 heavy (non-hydrogen) atoms. The Hall–Kier alpha value is -0.580. The molecule has 106 valence electrons. The molecule has 0 N–H and O–H groups in total. The van der Waals surface area contributed by atoms with Crippen molar-refractivity contribution in [3.8, 4) is 0 Å². The van der Waals surface area contributed by atoms with E-state index in [0.717, 1.165) is 36.8 Å². The van der Waals surface area contributed by atoms with Crippen LogP contribution in [0, 0.1) is 0 Å². The third-order valence-corrected chi connectivity index (χ3v) is 5.61. The topological polar surface area (TPSA) is 37.4 Å². The molecule has 0 aliphatic carbocycles. The normalized spacial score (nSPS) is 18.2. The van der Waals surface area contributed by atoms with Gasteiger partial charge in [0.15, 0.2) is 0 Å². The molecule has 1 aromatic carbocycles. The number of rotatable bonds is 4. The van der Waals surface area contributed by atoms with Crippen LogP contribution in [0.5, 0.6) is 0 Å². The second-order valence-electron chi connectivity index (χ2n) is 5.02. The van der Waals surface area contributed by atoms with Crippen molar-refractivity contribution in [1.29, 1.82) is 0 Å². The van der Waals surface area contributed by atoms with Gasteiger partial charge in [0.25, 0.3) is 0 Å². The Kier molecular flexibility index (Phi) is 5.25. The van der Waals surface area contributed by atoms with Gasteiger partial charge in [0.2, 0.25) is 10.0 Å². The standard InChI is InChI=1S/C14H20ClNO2S/c15-11-13-6-5-7-14(10-13)12-19(17,18)16-8-3-1-2-4-9-16/h5-7,10H,1-4,8-9,11-12H2. The molecule has 0 radical (unpaired) electrons. The molecular formula is C14H20ClNO2S. The van der Waals surface area contributed by atoms with Gasteiger partial charge in [-0.3, -0.25) is 0 Å². The van der Waals surface area contributed by atoms with Gasteiger partial charge < -0.3 is 0 Å². The highest BCUT2D eigenvalue weighted by Gasteiger charge is 2.23. The van der Waals surface area contributed by atoms with Crippen molar-refractivity contribution in [2.24, 2.45) is 0 Å². The van der Waals surface area contributed by atoms with Crippen molar-refractivity contribution < 1.29 is 8.42 Å². The van der Waals surface area contributed by atoms with Gasteiger partial charge in [-0.25, -0.2) is 12.7 Å². The Labute approximate surface area is 120 Å². The minimum absolute atomic E-state index is 0.0811. The Balaban J connectivity index is 2.10. The molecule has 1 aliphatic heterocycles. The zero-order chi connectivity index (χ0) is 13.7. The second-order valence-corrected chi connectivity index (χ2v) is 7.26. The molecule has 0 bridgehead atoms. The lowest BCUT2D eigenvalue weighted by Gasteiger charge is -2.20. The van der Waals surface area contributed by atoms with E-state index in [1.165, 1.54) is 0 Å². The molecule has 0 unspecified atom stereocenters. The summed E-state index contributed by atoms with van der Waals surface area (Å²) in [6.45, 7) is 1.33. The van der Waals surface area contributed by atoms with Crippen LogP contribution in [0.3, 0.4) is 0 Å². The zero-order valence-electron chi connectivity index (χ0n) is 11.0. The Morgan fingerprint density at radius 2 is 1.68 bits per heavy atom. The van der Waals surface area contributed by atoms with E-state index in [0.29, 0.717) is 19.0 Å². The van der Waals surface area contributed by atoms with Gasteiger partial charge in [-0.1, -0.05) is 37.1 Å². The summed E-state index contributed by atoms with van der Waals surface area (Å²) in [5, 5.41) is 0. The minimum atomic E-state index is -3.19. The molecule has 1 heterocycles. The molecule has 3 nitrogen and oxygen atoms in total. The monoisotopic (exact) mass is 301 g/mol. The van der Waals surface area contributed by atoms with Gasteiger partial charge >= 0.3 is 0 Å². The predicted octanol–water partition coefficient (Wildman–Crippen LogP) is 3.13. The molecule has 0 spiro atoms. The van der Waals surface area contributed by atoms with E-state index in [1.54, 1.807) is 4.31 Å². The summed E-state index contributed by atoms with van der Waals surface area (Å²) in [4.78, 5) is 0. The summed E-state index contributed by atoms with van der Waals surface area (Å²) in [5.74, 6) is 0.495. The van der Waals surface area contributed by atoms with Crippen molar-refractivity contribution in [2.75, 3.05) is 13.1 Å². The molecule has 1 saturated heterocycles. The van der Waals surface area contributed by atoms with Gasteiger partial charge in [0.1, 0.15) is 0 Å². The van der Waals surface area contributed by atoms with Gasteiger partial charge in [-0.2, -0.15) is 0 Å². The number of benzene rings is 1. The predicted molar refractivity (Wildman–Crippen MR) is 78.7 cm³/mol. The van der Waals surface area contributed by atoms with Crippen LogP contribution in [-0.4, -0.2) is 25.8 Å². The SMILES string of the molecule is O=S(=O)(Cc1cccc(CCl)c1)N1CCCCCC1. The van der Waals surface area contributed by atoms with Crippen LogP contribution < -0.4 is 0 Å². The Bertz CT molecular complexity index is 508. The number of hydrogen-bond donors (Lipinski definition) is 0. The first-order valence-corrected chi connectivity index (χ1v) is 8.88. The molecule has 1 aliphatic rings. The highest BCUT2D eigenvalue weighted by Crippen LogP contribution is 2.18. The minimum Gasteiger partial charge on any atom is -0.212 e. The van der Waals surface area contributed by atoms with Crippen LogP contribution in [0.4, 0.5) is 0 Å². The molecule has 0 atom stereocenters. The van der Waals surface area contributed by atoms with Crippen molar-refractivity contribution in [1.82, 2.24) is 4.31 Å². The largest absolute Gasteiger partial charge is 0.218 e. The summed E-state index contributed by atoms with van der Waals surface area (Å²) in [5.41, 5.74) is 1.78. The van der Waals surface area contributed by atoms with Crippen LogP contribution in [0.2, 0.25) is 0 Å². The summed E-state index contributed by atoms with van der Waals surface area (Å²) < 4.78 is 26.4. The van der Waals surface area contributed by atoms with E-state index in [4.69, 9.17) is 11.6 Å². The summed E-state index contributed by atoms with van der Waals surface area (Å²) in [6.07, 6.45) is 4.21. The second kappa shape index (κ2) is 6.73. The highest BCUT2D eigenvalue weighted by molar-refractivity contribution is 7.88. The highest BCUT2D eigenvalue weighted by atomic mass is 35.5. The molecule has 1 fully saturated rings. The van der Waals surface area contributed by atoms with E-state index in [9.17, 15) is 8.42 Å². The molecular weight excluding hydrogens is 282 g/mol. The lowest BCUT2D eigenvalue weighted by molar-refractivity contribution is 0.423. The van der Waals surface area contributed by atoms with Gasteiger partial charge in [0, 0.05) is 19.0 Å². The quantitative estimate of drug-likeness (QED) is 0.801. The van der Waals surface area contributed by atoms with E-state index < -0.39 is 10.0 Å². The fourth-order valence-corrected chi connectivity index (χ4v) is 4.19. The zero-order valence-corrected chi connectivity index (χ0v) is 12.6. The lowest BCUT2D eigenvalue weighted by Crippen LogP contribution is -2.32. The third kappa shape index (κ3) is 4.20. The van der Waals surface area contributed by atoms with E-state index in [2.05, 4.69) is 0 Å². The van der Waals surface area contributed by atoms with Gasteiger partial charge in [-0.15, -0.1) is 11.6 Å². The van der Waals surface area contributed by atoms with Crippen LogP contribution in [0.1, 0.15) is 36.8 Å². The number of nitrogens with zero attached hydrogens (tertiary/aromatic N) is 1. The molecule has 1 aromatic rings. The summed E-state index contributed by atoms with van der Waals surface area (Å²) in [6, 6.07) is 7.51. The van der Waals surface area contributed by atoms with Gasteiger partial charge in [-0.05, 0) is 24.0 Å². The first-order chi connectivity index (χ1) is 9.12. The fourth-order valence-electron chi connectivity index (χ4n) is 2.42. The summed E-state index contributed by atoms with van der Waals surface area (Å²) in [7, 11) is -3.19. The van der Waals surface area contributed by atoms with E-state index in [-0.39, 0.29) is 5.75 Å². The van der Waals surface area contributed by atoms with Crippen molar-refractivity contribution in [2.45, 2.75) is 37.3 Å². The smallest absolute Gasteiger partial charge is 0.212 e. The first-order valence-electron chi connectivity index (χ1n) is 6.73. The van der Waals surface area contributed by atoms with Crippen molar-refractivity contribution in [3.05, 3.63) is 35.4 Å². The van der Waals surface area contributed by atoms with Crippen LogP contribution >= 0.6 is 11.6 Å². The van der Waals surface area contributed by atoms with Crippen LogP contribution in [-0.2, 0) is 21.7 Å². The molecule has 0 amide bonds. The molecule has 2 rings (SSSR count). The maximum atomic E-state index is 12.4. The van der Waals surface area contributed by atoms with Crippen LogP contribution in [0.25, 0.3) is 0 Å². The van der Waals surface area contributed by atoms with Crippen molar-refractivity contribution in [3.63, 3.8) is 0 Å². The maximum absolute atomic E-state index is 12.4. The molecule has 0 aromatic heterocycles. The molecule has 0 saturated carbocycles. The Morgan fingerprint density at radius 1 is 1.05 bits per heavy atom. The average Bonchev–Trinajstić information content (AvgIpc) is 2.68. The van der Waals surface area contributed by atoms with E-state index in [1.807, 2.05) is 24.3 Å². The van der Waals surface area contributed by atoms with Gasteiger partial charge in [0.05, 0.1) is 5.75 Å². The lowest BCUT2D eigenvalue weighted by atomic mass is 10.2. The number of sulfonamides is 1. The summed E-state index contributed by atoms with van der Waals surface area (Å²) >= 11 is 5.78. The first kappa shape index (κ1) is 14.8. The number of halogens is 1. The molecule has 5 heteroatoms. The number of alkyl halides is 1. The van der Waals surface area contributed by atoms with E-state index >= 15 is 0 Å². The van der Waals surface area contributed by atoms with Crippen LogP contribution in [0.15, 0.2) is 24.3 Å². The fraction of sp³-hybridized carbons (Fsp3) is 0.571.